The lowest BCUT2D eigenvalue weighted by Crippen LogP contribution is -2.50. The fourth-order valence-electron chi connectivity index (χ4n) is 3.04. The summed E-state index contributed by atoms with van der Waals surface area (Å²) >= 11 is 0. The summed E-state index contributed by atoms with van der Waals surface area (Å²) in [4.78, 5) is 38.4. The molecule has 1 atom stereocenters. The molecule has 1 heterocycles. The molecule has 2 aromatic rings. The Labute approximate surface area is 152 Å². The van der Waals surface area contributed by atoms with Crippen molar-refractivity contribution >= 4 is 23.4 Å². The molecule has 1 aliphatic rings. The van der Waals surface area contributed by atoms with Crippen molar-refractivity contribution in [2.45, 2.75) is 25.4 Å². The molecule has 134 valence electrons. The Kier molecular flexibility index (Phi) is 5.31. The summed E-state index contributed by atoms with van der Waals surface area (Å²) in [5.41, 5.74) is 2.78. The van der Waals surface area contributed by atoms with Crippen molar-refractivity contribution in [3.05, 3.63) is 65.7 Å². The van der Waals surface area contributed by atoms with Crippen LogP contribution in [-0.2, 0) is 27.3 Å². The largest absolute Gasteiger partial charge is 0.344 e. The van der Waals surface area contributed by atoms with E-state index in [-0.39, 0.29) is 12.5 Å². The number of benzene rings is 2. The molecule has 0 aliphatic carbocycles. The SMILES string of the molecule is CN1C(=O)C(NC(=O)C(=O)NCc2ccccc2)CCc2ccccc21. The third-order valence-corrected chi connectivity index (χ3v) is 4.49. The van der Waals surface area contributed by atoms with Crippen molar-refractivity contribution in [3.8, 4) is 0 Å². The van der Waals surface area contributed by atoms with Crippen molar-refractivity contribution in [1.82, 2.24) is 10.6 Å². The van der Waals surface area contributed by atoms with Crippen molar-refractivity contribution < 1.29 is 14.4 Å². The molecular formula is C20H21N3O3. The number of amides is 3. The number of nitrogens with one attached hydrogen (secondary N) is 2. The van der Waals surface area contributed by atoms with Crippen LogP contribution in [0.2, 0.25) is 0 Å². The zero-order valence-corrected chi connectivity index (χ0v) is 14.6. The van der Waals surface area contributed by atoms with Crippen molar-refractivity contribution in [2.75, 3.05) is 11.9 Å². The fourth-order valence-corrected chi connectivity index (χ4v) is 3.04. The van der Waals surface area contributed by atoms with Gasteiger partial charge in [-0.25, -0.2) is 0 Å². The van der Waals surface area contributed by atoms with Gasteiger partial charge in [0, 0.05) is 19.3 Å². The Morgan fingerprint density at radius 2 is 1.73 bits per heavy atom. The number of para-hydroxylation sites is 1. The zero-order valence-electron chi connectivity index (χ0n) is 14.6. The maximum absolute atomic E-state index is 12.6. The molecule has 3 amide bonds. The molecule has 6 heteroatoms. The second-order valence-electron chi connectivity index (χ2n) is 6.26. The molecule has 0 spiro atoms. The maximum atomic E-state index is 12.6. The van der Waals surface area contributed by atoms with Gasteiger partial charge in [-0.15, -0.1) is 0 Å². The lowest BCUT2D eigenvalue weighted by atomic mass is 10.1. The number of anilines is 1. The number of likely N-dealkylation sites (N-methyl/N-ethyl adjacent to an activating group) is 1. The molecule has 3 rings (SSSR count). The van der Waals surface area contributed by atoms with Crippen LogP contribution in [0.15, 0.2) is 54.6 Å². The number of rotatable bonds is 3. The molecule has 26 heavy (non-hydrogen) atoms. The molecule has 0 radical (unpaired) electrons. The van der Waals surface area contributed by atoms with Crippen molar-refractivity contribution in [1.29, 1.82) is 0 Å². The molecule has 0 saturated heterocycles. The summed E-state index contributed by atoms with van der Waals surface area (Å²) < 4.78 is 0. The first-order valence-electron chi connectivity index (χ1n) is 8.54. The quantitative estimate of drug-likeness (QED) is 0.821. The lowest BCUT2D eigenvalue weighted by Gasteiger charge is -2.21. The van der Waals surface area contributed by atoms with Gasteiger partial charge in [-0.3, -0.25) is 14.4 Å². The third-order valence-electron chi connectivity index (χ3n) is 4.49. The monoisotopic (exact) mass is 351 g/mol. The molecule has 1 aliphatic heterocycles. The summed E-state index contributed by atoms with van der Waals surface area (Å²) in [5, 5.41) is 5.14. The van der Waals surface area contributed by atoms with Gasteiger partial charge in [0.2, 0.25) is 5.91 Å². The molecular weight excluding hydrogens is 330 g/mol. The molecule has 0 bridgehead atoms. The Balaban J connectivity index is 1.60. The Morgan fingerprint density at radius 1 is 1.04 bits per heavy atom. The minimum atomic E-state index is -0.793. The van der Waals surface area contributed by atoms with Gasteiger partial charge in [-0.1, -0.05) is 48.5 Å². The molecule has 0 aromatic heterocycles. The second-order valence-corrected chi connectivity index (χ2v) is 6.26. The average Bonchev–Trinajstić information content (AvgIpc) is 2.79. The number of aryl methyl sites for hydroxylation is 1. The van der Waals surface area contributed by atoms with Crippen LogP contribution in [0, 0.1) is 0 Å². The van der Waals surface area contributed by atoms with E-state index < -0.39 is 17.9 Å². The van der Waals surface area contributed by atoms with Crippen molar-refractivity contribution in [3.63, 3.8) is 0 Å². The van der Waals surface area contributed by atoms with E-state index in [1.807, 2.05) is 54.6 Å². The Hall–Kier alpha value is -3.15. The van der Waals surface area contributed by atoms with E-state index in [1.165, 1.54) is 4.90 Å². The highest BCUT2D eigenvalue weighted by molar-refractivity contribution is 6.35. The van der Waals surface area contributed by atoms with Gasteiger partial charge >= 0.3 is 11.8 Å². The van der Waals surface area contributed by atoms with Gasteiger partial charge in [0.1, 0.15) is 6.04 Å². The van der Waals surface area contributed by atoms with E-state index in [0.717, 1.165) is 16.8 Å². The van der Waals surface area contributed by atoms with Crippen LogP contribution in [0.5, 0.6) is 0 Å². The van der Waals surface area contributed by atoms with Gasteiger partial charge in [-0.2, -0.15) is 0 Å². The van der Waals surface area contributed by atoms with E-state index in [1.54, 1.807) is 7.05 Å². The van der Waals surface area contributed by atoms with Crippen molar-refractivity contribution in [2.24, 2.45) is 0 Å². The molecule has 0 fully saturated rings. The molecule has 2 N–H and O–H groups in total. The summed E-state index contributed by atoms with van der Waals surface area (Å²) in [6.07, 6.45) is 1.11. The van der Waals surface area contributed by atoms with E-state index in [9.17, 15) is 14.4 Å². The predicted octanol–water partition coefficient (Wildman–Crippen LogP) is 1.40. The van der Waals surface area contributed by atoms with E-state index in [0.29, 0.717) is 12.8 Å². The fraction of sp³-hybridized carbons (Fsp3) is 0.250. The normalized spacial score (nSPS) is 16.4. The molecule has 0 saturated carbocycles. The van der Waals surface area contributed by atoms with Gasteiger partial charge in [0.05, 0.1) is 0 Å². The summed E-state index contributed by atoms with van der Waals surface area (Å²) in [7, 11) is 1.68. The van der Waals surface area contributed by atoms with Crippen LogP contribution in [0.3, 0.4) is 0 Å². The Bertz CT molecular complexity index is 820. The van der Waals surface area contributed by atoms with E-state index >= 15 is 0 Å². The highest BCUT2D eigenvalue weighted by atomic mass is 16.2. The topological polar surface area (TPSA) is 78.5 Å². The minimum Gasteiger partial charge on any atom is -0.344 e. The first-order chi connectivity index (χ1) is 12.6. The predicted molar refractivity (Wildman–Crippen MR) is 98.4 cm³/mol. The lowest BCUT2D eigenvalue weighted by molar-refractivity contribution is -0.140. The summed E-state index contributed by atoms with van der Waals surface area (Å²) in [6, 6.07) is 16.2. The van der Waals surface area contributed by atoms with Gasteiger partial charge in [0.15, 0.2) is 0 Å². The number of carbonyl (C=O) groups is 3. The van der Waals surface area contributed by atoms with Gasteiger partial charge < -0.3 is 15.5 Å². The van der Waals surface area contributed by atoms with Gasteiger partial charge in [0.25, 0.3) is 0 Å². The highest BCUT2D eigenvalue weighted by Crippen LogP contribution is 2.25. The number of hydrogen-bond acceptors (Lipinski definition) is 3. The average molecular weight is 351 g/mol. The maximum Gasteiger partial charge on any atom is 0.309 e. The van der Waals surface area contributed by atoms with Crippen LogP contribution in [-0.4, -0.2) is 30.8 Å². The van der Waals surface area contributed by atoms with E-state index in [4.69, 9.17) is 0 Å². The summed E-state index contributed by atoms with van der Waals surface area (Å²) in [6.45, 7) is 0.261. The van der Waals surface area contributed by atoms with Crippen LogP contribution < -0.4 is 15.5 Å². The number of carbonyl (C=O) groups excluding carboxylic acids is 3. The van der Waals surface area contributed by atoms with Crippen LogP contribution in [0.1, 0.15) is 17.5 Å². The second kappa shape index (κ2) is 7.82. The third kappa shape index (κ3) is 3.91. The van der Waals surface area contributed by atoms with Crippen LogP contribution in [0.4, 0.5) is 5.69 Å². The first-order valence-corrected chi connectivity index (χ1v) is 8.54. The smallest absolute Gasteiger partial charge is 0.309 e. The summed E-state index contributed by atoms with van der Waals surface area (Å²) in [5.74, 6) is -1.76. The van der Waals surface area contributed by atoms with Crippen LogP contribution in [0.25, 0.3) is 0 Å². The molecule has 1 unspecified atom stereocenters. The van der Waals surface area contributed by atoms with Crippen LogP contribution >= 0.6 is 0 Å². The minimum absolute atomic E-state index is 0.223. The Morgan fingerprint density at radius 3 is 2.50 bits per heavy atom. The number of hydrogen-bond donors (Lipinski definition) is 2. The van der Waals surface area contributed by atoms with Gasteiger partial charge in [-0.05, 0) is 30.0 Å². The molecule has 6 nitrogen and oxygen atoms in total. The number of nitrogens with zero attached hydrogens (tertiary/aromatic N) is 1. The highest BCUT2D eigenvalue weighted by Gasteiger charge is 2.30. The zero-order chi connectivity index (χ0) is 18.5. The number of fused-ring (bicyclic) bond motifs is 1. The first kappa shape index (κ1) is 17.7. The standard InChI is InChI=1S/C20H21N3O3/c1-23-17-10-6-5-9-15(17)11-12-16(20(23)26)22-19(25)18(24)21-13-14-7-3-2-4-8-14/h2-10,16H,11-13H2,1H3,(H,21,24)(H,22,25). The molecule has 2 aromatic carbocycles. The van der Waals surface area contributed by atoms with E-state index in [2.05, 4.69) is 10.6 Å².